The van der Waals surface area contributed by atoms with Gasteiger partial charge in [-0.25, -0.2) is 0 Å². The van der Waals surface area contributed by atoms with Crippen molar-refractivity contribution in [1.29, 1.82) is 0 Å². The molecule has 0 rings (SSSR count). The molecule has 0 saturated carbocycles. The molecule has 2 nitrogen and oxygen atoms in total. The van der Waals surface area contributed by atoms with Crippen LogP contribution in [0, 0.1) is 0 Å². The van der Waals surface area contributed by atoms with Crippen molar-refractivity contribution in [2.24, 2.45) is 0 Å². The molecular weight excluding hydrogens is 116 g/mol. The Morgan fingerprint density at radius 2 is 1.22 bits per heavy atom. The van der Waals surface area contributed by atoms with Crippen LogP contribution in [0.15, 0.2) is 0 Å². The van der Waals surface area contributed by atoms with Gasteiger partial charge in [-0.1, -0.05) is 33.1 Å². The van der Waals surface area contributed by atoms with Crippen LogP contribution in [0.1, 0.15) is 40.0 Å². The molecule has 3 N–H and O–H groups in total. The zero-order valence-corrected chi connectivity index (χ0v) is 6.78. The second-order valence-corrected chi connectivity index (χ2v) is 1.67. The molecule has 60 valence electrons. The lowest BCUT2D eigenvalue weighted by molar-refractivity contribution is 0.318. The van der Waals surface area contributed by atoms with E-state index in [9.17, 15) is 0 Å². The molecule has 0 aromatic carbocycles. The van der Waals surface area contributed by atoms with Gasteiger partial charge in [0.1, 0.15) is 0 Å². The van der Waals surface area contributed by atoms with Gasteiger partial charge in [-0.15, -0.1) is 0 Å². The first-order chi connectivity index (χ1) is 3.83. The number of rotatable bonds is 2. The zero-order chi connectivity index (χ0) is 6.83. The van der Waals surface area contributed by atoms with Crippen LogP contribution >= 0.6 is 0 Å². The molecule has 0 aromatic rings. The Morgan fingerprint density at radius 1 is 1.00 bits per heavy atom. The fourth-order valence-corrected chi connectivity index (χ4v) is 0.354. The third-order valence-corrected chi connectivity index (χ3v) is 0.707. The molecule has 0 aliphatic carbocycles. The van der Waals surface area contributed by atoms with Gasteiger partial charge in [0.15, 0.2) is 0 Å². The number of hydrogen-bond donors (Lipinski definition) is 1. The minimum atomic E-state index is 0. The third-order valence-electron chi connectivity index (χ3n) is 0.707. The summed E-state index contributed by atoms with van der Waals surface area (Å²) in [5.74, 6) is 0. The first kappa shape index (κ1) is 16.0. The molecule has 0 aliphatic heterocycles. The molecule has 9 heavy (non-hydrogen) atoms. The van der Waals surface area contributed by atoms with Crippen LogP contribution in [0.3, 0.4) is 0 Å². The minimum absolute atomic E-state index is 0. The van der Waals surface area contributed by atoms with Crippen molar-refractivity contribution in [1.82, 2.24) is 0 Å². The van der Waals surface area contributed by atoms with E-state index in [1.54, 1.807) is 6.92 Å². The highest BCUT2D eigenvalue weighted by atomic mass is 16.2. The van der Waals surface area contributed by atoms with Crippen molar-refractivity contribution < 1.29 is 10.6 Å². The van der Waals surface area contributed by atoms with Gasteiger partial charge >= 0.3 is 0 Å². The molecule has 0 unspecified atom stereocenters. The van der Waals surface area contributed by atoms with Gasteiger partial charge in [0, 0.05) is 6.61 Å². The molecule has 0 bridgehead atoms. The average molecular weight is 136 g/mol. The first-order valence-electron chi connectivity index (χ1n) is 3.44. The lowest BCUT2D eigenvalue weighted by atomic mass is 10.3. The topological polar surface area (TPSA) is 51.7 Å². The molecule has 0 spiro atoms. The van der Waals surface area contributed by atoms with E-state index in [1.807, 2.05) is 0 Å². The van der Waals surface area contributed by atoms with Crippen molar-refractivity contribution >= 4 is 0 Å². The van der Waals surface area contributed by atoms with Crippen molar-refractivity contribution in [3.8, 4) is 0 Å². The molecule has 2 heteroatoms. The van der Waals surface area contributed by atoms with Gasteiger partial charge in [-0.05, 0) is 6.92 Å². The summed E-state index contributed by atoms with van der Waals surface area (Å²) in [7, 11) is 0. The van der Waals surface area contributed by atoms with Gasteiger partial charge in [0.2, 0.25) is 0 Å². The second kappa shape index (κ2) is 24.7. The Hall–Kier alpha value is -0.0800. The number of aliphatic hydroxyl groups is 1. The molecular formula is C7H20O2. The van der Waals surface area contributed by atoms with Gasteiger partial charge in [-0.3, -0.25) is 0 Å². The van der Waals surface area contributed by atoms with Crippen LogP contribution in [-0.4, -0.2) is 17.2 Å². The van der Waals surface area contributed by atoms with Crippen molar-refractivity contribution in [2.45, 2.75) is 40.0 Å². The van der Waals surface area contributed by atoms with E-state index in [4.69, 9.17) is 5.11 Å². The number of hydrogen-bond acceptors (Lipinski definition) is 1. The van der Waals surface area contributed by atoms with Crippen LogP contribution in [0.25, 0.3) is 0 Å². The normalized spacial score (nSPS) is 6.67. The van der Waals surface area contributed by atoms with E-state index < -0.39 is 0 Å². The third kappa shape index (κ3) is 75.3. The molecule has 0 atom stereocenters. The summed E-state index contributed by atoms with van der Waals surface area (Å²) in [6.45, 7) is 6.35. The van der Waals surface area contributed by atoms with Crippen LogP contribution in [0.4, 0.5) is 0 Å². The van der Waals surface area contributed by atoms with E-state index in [1.165, 1.54) is 19.3 Å². The molecule has 0 heterocycles. The highest BCUT2D eigenvalue weighted by Gasteiger charge is 1.68. The lowest BCUT2D eigenvalue weighted by Gasteiger charge is -1.79. The first-order valence-corrected chi connectivity index (χ1v) is 3.44. The van der Waals surface area contributed by atoms with E-state index >= 15 is 0 Å². The van der Waals surface area contributed by atoms with Gasteiger partial charge < -0.3 is 10.6 Å². The van der Waals surface area contributed by atoms with Crippen LogP contribution < -0.4 is 0 Å². The maximum absolute atomic E-state index is 7.57. The lowest BCUT2D eigenvalue weighted by Crippen LogP contribution is -1.59. The highest BCUT2D eigenvalue weighted by Crippen LogP contribution is 1.88. The minimum Gasteiger partial charge on any atom is -0.412 e. The Bertz CT molecular complexity index is 20.9. The highest BCUT2D eigenvalue weighted by molar-refractivity contribution is 4.24. The molecule has 0 fully saturated rings. The van der Waals surface area contributed by atoms with Crippen molar-refractivity contribution in [2.75, 3.05) is 6.61 Å². The molecule has 0 radical (unpaired) electrons. The van der Waals surface area contributed by atoms with Crippen molar-refractivity contribution in [3.05, 3.63) is 0 Å². The van der Waals surface area contributed by atoms with Gasteiger partial charge in [0.05, 0.1) is 0 Å². The van der Waals surface area contributed by atoms with Crippen LogP contribution in [0.5, 0.6) is 0 Å². The molecule has 0 amide bonds. The molecule has 0 saturated heterocycles. The number of aliphatic hydroxyl groups excluding tert-OH is 1. The maximum Gasteiger partial charge on any atom is 0.0402 e. The summed E-state index contributed by atoms with van der Waals surface area (Å²) in [6.07, 6.45) is 4.08. The molecule has 0 aliphatic rings. The van der Waals surface area contributed by atoms with Crippen molar-refractivity contribution in [3.63, 3.8) is 0 Å². The fraction of sp³-hybridized carbons (Fsp3) is 1.00. The molecule has 0 aromatic heterocycles. The van der Waals surface area contributed by atoms with E-state index in [0.717, 1.165) is 0 Å². The summed E-state index contributed by atoms with van der Waals surface area (Å²) < 4.78 is 0. The second-order valence-electron chi connectivity index (χ2n) is 1.67. The zero-order valence-electron chi connectivity index (χ0n) is 6.78. The summed E-state index contributed by atoms with van der Waals surface area (Å²) in [5, 5.41) is 7.57. The summed E-state index contributed by atoms with van der Waals surface area (Å²) in [4.78, 5) is 0. The maximum atomic E-state index is 7.57. The van der Waals surface area contributed by atoms with E-state index in [2.05, 4.69) is 13.8 Å². The fourth-order valence-electron chi connectivity index (χ4n) is 0.354. The van der Waals surface area contributed by atoms with E-state index in [-0.39, 0.29) is 12.1 Å². The Labute approximate surface area is 58.2 Å². The van der Waals surface area contributed by atoms with Gasteiger partial charge in [-0.2, -0.15) is 0 Å². The SMILES string of the molecule is CCCCC.CCO.O. The Kier molecular flexibility index (Phi) is 43.8. The monoisotopic (exact) mass is 136 g/mol. The largest absolute Gasteiger partial charge is 0.412 e. The summed E-state index contributed by atoms with van der Waals surface area (Å²) in [6, 6.07) is 0. The van der Waals surface area contributed by atoms with Crippen LogP contribution in [-0.2, 0) is 0 Å². The quantitative estimate of drug-likeness (QED) is 0.612. The smallest absolute Gasteiger partial charge is 0.0402 e. The van der Waals surface area contributed by atoms with Crippen LogP contribution in [0.2, 0.25) is 0 Å². The predicted molar refractivity (Wildman–Crippen MR) is 41.6 cm³/mol. The number of unbranched alkanes of at least 4 members (excludes halogenated alkanes) is 2. The van der Waals surface area contributed by atoms with Gasteiger partial charge in [0.25, 0.3) is 0 Å². The predicted octanol–water partition coefficient (Wildman–Crippen LogP) is 1.37. The Morgan fingerprint density at radius 3 is 1.22 bits per heavy atom. The summed E-state index contributed by atoms with van der Waals surface area (Å²) in [5.41, 5.74) is 0. The Balaban J connectivity index is -0.0000000800. The summed E-state index contributed by atoms with van der Waals surface area (Å²) >= 11 is 0. The van der Waals surface area contributed by atoms with E-state index in [0.29, 0.717) is 0 Å². The standard InChI is InChI=1S/C5H12.C2H6O.H2O/c1-3-5-4-2;1-2-3;/h3-5H2,1-2H3;3H,2H2,1H3;1H2. The average Bonchev–Trinajstić information content (AvgIpc) is 1.71.